The van der Waals surface area contributed by atoms with Crippen LogP contribution < -0.4 is 0 Å². The molecule has 0 saturated carbocycles. The van der Waals surface area contributed by atoms with Gasteiger partial charge in [0.25, 0.3) is 5.22 Å². The summed E-state index contributed by atoms with van der Waals surface area (Å²) in [7, 11) is -3.58. The third-order valence-electron chi connectivity index (χ3n) is 4.36. The van der Waals surface area contributed by atoms with Gasteiger partial charge in [0.1, 0.15) is 0 Å². The number of rotatable bonds is 9. The lowest BCUT2D eigenvalue weighted by atomic mass is 10.2. The monoisotopic (exact) mass is 477 g/mol. The van der Waals surface area contributed by atoms with Gasteiger partial charge < -0.3 is 8.94 Å². The standard InChI is InChI=1S/C19H19N5O4S3/c1-3-24(4-2)31(25,26)14-8-5-7-13(11-14)18-21-22-19(27-18)30-12-16-20-17(23-28-16)15-9-6-10-29-15/h5-11H,3-4,12H2,1-2H3. The molecule has 0 saturated heterocycles. The zero-order valence-corrected chi connectivity index (χ0v) is 19.2. The smallest absolute Gasteiger partial charge is 0.277 e. The molecule has 3 heterocycles. The highest BCUT2D eigenvalue weighted by Gasteiger charge is 2.22. The lowest BCUT2D eigenvalue weighted by Crippen LogP contribution is -2.30. The topological polar surface area (TPSA) is 115 Å². The third kappa shape index (κ3) is 4.71. The second-order valence-corrected chi connectivity index (χ2v) is 10.1. The summed E-state index contributed by atoms with van der Waals surface area (Å²) in [6, 6.07) is 10.3. The van der Waals surface area contributed by atoms with Gasteiger partial charge in [-0.1, -0.05) is 42.9 Å². The number of benzene rings is 1. The second kappa shape index (κ2) is 9.30. The second-order valence-electron chi connectivity index (χ2n) is 6.27. The minimum Gasteiger partial charge on any atom is -0.411 e. The fraction of sp³-hybridized carbons (Fsp3) is 0.263. The van der Waals surface area contributed by atoms with Crippen LogP contribution in [0.2, 0.25) is 0 Å². The molecule has 0 unspecified atom stereocenters. The molecule has 12 heteroatoms. The maximum Gasteiger partial charge on any atom is 0.277 e. The number of hydrogen-bond acceptors (Lipinski definition) is 10. The molecular weight excluding hydrogens is 458 g/mol. The first kappa shape index (κ1) is 21.7. The molecule has 162 valence electrons. The van der Waals surface area contributed by atoms with E-state index in [2.05, 4.69) is 20.3 Å². The third-order valence-corrected chi connectivity index (χ3v) is 8.07. The summed E-state index contributed by atoms with van der Waals surface area (Å²) < 4.78 is 37.9. The molecule has 0 N–H and O–H groups in total. The van der Waals surface area contributed by atoms with Crippen molar-refractivity contribution in [1.29, 1.82) is 0 Å². The lowest BCUT2D eigenvalue weighted by molar-refractivity contribution is 0.391. The SMILES string of the molecule is CCN(CC)S(=O)(=O)c1cccc(-c2nnc(SCc3nc(-c4cccs4)no3)o2)c1. The van der Waals surface area contributed by atoms with E-state index in [0.717, 1.165) is 4.88 Å². The summed E-state index contributed by atoms with van der Waals surface area (Å²) in [4.78, 5) is 5.47. The highest BCUT2D eigenvalue weighted by Crippen LogP contribution is 2.28. The number of thiophene rings is 1. The van der Waals surface area contributed by atoms with Crippen molar-refractivity contribution in [2.75, 3.05) is 13.1 Å². The average Bonchev–Trinajstić information content (AvgIpc) is 3.54. The van der Waals surface area contributed by atoms with Crippen molar-refractivity contribution in [3.8, 4) is 22.2 Å². The number of nitrogens with zero attached hydrogens (tertiary/aromatic N) is 5. The Hall–Kier alpha value is -2.54. The Bertz CT molecular complexity index is 1250. The first-order valence-corrected chi connectivity index (χ1v) is 12.7. The van der Waals surface area contributed by atoms with Crippen molar-refractivity contribution < 1.29 is 17.4 Å². The molecule has 4 aromatic rings. The van der Waals surface area contributed by atoms with Crippen LogP contribution in [0.5, 0.6) is 0 Å². The number of aromatic nitrogens is 4. The Labute approximate surface area is 187 Å². The van der Waals surface area contributed by atoms with Gasteiger partial charge in [0.2, 0.25) is 27.6 Å². The molecule has 0 amide bonds. The summed E-state index contributed by atoms with van der Waals surface area (Å²) in [5.74, 6) is 1.60. The maximum absolute atomic E-state index is 12.8. The Morgan fingerprint density at radius 2 is 1.97 bits per heavy atom. The minimum atomic E-state index is -3.58. The highest BCUT2D eigenvalue weighted by molar-refractivity contribution is 7.98. The van der Waals surface area contributed by atoms with E-state index in [1.807, 2.05) is 17.5 Å². The summed E-state index contributed by atoms with van der Waals surface area (Å²) in [6.45, 7) is 4.40. The predicted octanol–water partition coefficient (Wildman–Crippen LogP) is 4.17. The fourth-order valence-electron chi connectivity index (χ4n) is 2.83. The molecule has 31 heavy (non-hydrogen) atoms. The van der Waals surface area contributed by atoms with Gasteiger partial charge in [0.05, 0.1) is 15.5 Å². The summed E-state index contributed by atoms with van der Waals surface area (Å²) in [5.41, 5.74) is 0.533. The normalized spacial score (nSPS) is 12.0. The maximum atomic E-state index is 12.8. The molecule has 3 aromatic heterocycles. The van der Waals surface area contributed by atoms with E-state index in [4.69, 9.17) is 8.94 Å². The quantitative estimate of drug-likeness (QED) is 0.327. The van der Waals surface area contributed by atoms with Gasteiger partial charge >= 0.3 is 0 Å². The number of sulfonamides is 1. The van der Waals surface area contributed by atoms with Crippen LogP contribution in [-0.2, 0) is 15.8 Å². The average molecular weight is 478 g/mol. The minimum absolute atomic E-state index is 0.188. The Kier molecular flexibility index (Phi) is 6.51. The molecule has 0 bridgehead atoms. The van der Waals surface area contributed by atoms with Crippen LogP contribution >= 0.6 is 23.1 Å². The molecule has 0 radical (unpaired) electrons. The molecule has 0 aliphatic heterocycles. The first-order chi connectivity index (χ1) is 15.0. The fourth-order valence-corrected chi connectivity index (χ4v) is 5.58. The number of hydrogen-bond donors (Lipinski definition) is 0. The van der Waals surface area contributed by atoms with Crippen LogP contribution in [0, 0.1) is 0 Å². The van der Waals surface area contributed by atoms with Crippen molar-refractivity contribution in [3.63, 3.8) is 0 Å². The molecular formula is C19H19N5O4S3. The van der Waals surface area contributed by atoms with Gasteiger partial charge in [-0.05, 0) is 29.6 Å². The first-order valence-electron chi connectivity index (χ1n) is 9.44. The zero-order chi connectivity index (χ0) is 21.8. The van der Waals surface area contributed by atoms with Crippen LogP contribution in [0.15, 0.2) is 60.8 Å². The van der Waals surface area contributed by atoms with E-state index >= 15 is 0 Å². The zero-order valence-electron chi connectivity index (χ0n) is 16.8. The van der Waals surface area contributed by atoms with Crippen LogP contribution in [0.25, 0.3) is 22.2 Å². The Balaban J connectivity index is 1.47. The van der Waals surface area contributed by atoms with Crippen molar-refractivity contribution in [1.82, 2.24) is 24.6 Å². The highest BCUT2D eigenvalue weighted by atomic mass is 32.2. The summed E-state index contributed by atoms with van der Waals surface area (Å²) in [6.07, 6.45) is 0. The lowest BCUT2D eigenvalue weighted by Gasteiger charge is -2.18. The molecule has 0 fully saturated rings. The van der Waals surface area contributed by atoms with Crippen molar-refractivity contribution in [2.45, 2.75) is 29.7 Å². The van der Waals surface area contributed by atoms with Gasteiger partial charge in [-0.25, -0.2) is 8.42 Å². The molecule has 0 aliphatic rings. The van der Waals surface area contributed by atoms with Crippen molar-refractivity contribution in [3.05, 3.63) is 47.7 Å². The van der Waals surface area contributed by atoms with Gasteiger partial charge in [0, 0.05) is 18.7 Å². The molecule has 9 nitrogen and oxygen atoms in total. The molecule has 0 atom stereocenters. The van der Waals surface area contributed by atoms with E-state index in [-0.39, 0.29) is 10.8 Å². The van der Waals surface area contributed by atoms with Crippen molar-refractivity contribution in [2.24, 2.45) is 0 Å². The molecule has 1 aromatic carbocycles. The van der Waals surface area contributed by atoms with E-state index in [9.17, 15) is 8.42 Å². The molecule has 0 spiro atoms. The van der Waals surface area contributed by atoms with Gasteiger partial charge in [-0.3, -0.25) is 0 Å². The number of thioether (sulfide) groups is 1. The van der Waals surface area contributed by atoms with E-state index in [1.54, 1.807) is 38.1 Å². The largest absolute Gasteiger partial charge is 0.411 e. The summed E-state index contributed by atoms with van der Waals surface area (Å²) in [5, 5.41) is 14.3. The van der Waals surface area contributed by atoms with E-state index in [0.29, 0.717) is 41.3 Å². The predicted molar refractivity (Wildman–Crippen MR) is 117 cm³/mol. The summed E-state index contributed by atoms with van der Waals surface area (Å²) >= 11 is 2.80. The van der Waals surface area contributed by atoms with Gasteiger partial charge in [-0.15, -0.1) is 21.5 Å². The Morgan fingerprint density at radius 1 is 1.13 bits per heavy atom. The Morgan fingerprint density at radius 3 is 2.71 bits per heavy atom. The van der Waals surface area contributed by atoms with E-state index in [1.165, 1.54) is 27.4 Å². The van der Waals surface area contributed by atoms with Crippen LogP contribution in [0.3, 0.4) is 0 Å². The molecule has 0 aliphatic carbocycles. The van der Waals surface area contributed by atoms with Crippen LogP contribution in [0.1, 0.15) is 19.7 Å². The van der Waals surface area contributed by atoms with Crippen LogP contribution in [-0.4, -0.2) is 46.2 Å². The van der Waals surface area contributed by atoms with Crippen LogP contribution in [0.4, 0.5) is 0 Å². The van der Waals surface area contributed by atoms with Gasteiger partial charge in [-0.2, -0.15) is 9.29 Å². The van der Waals surface area contributed by atoms with E-state index < -0.39 is 10.0 Å². The van der Waals surface area contributed by atoms with Gasteiger partial charge in [0.15, 0.2) is 0 Å². The molecule has 4 rings (SSSR count). The van der Waals surface area contributed by atoms with Crippen molar-refractivity contribution >= 4 is 33.1 Å².